The second kappa shape index (κ2) is 6.70. The molecule has 1 atom stereocenters. The highest BCUT2D eigenvalue weighted by molar-refractivity contribution is 5.73. The van der Waals surface area contributed by atoms with Crippen LogP contribution in [0.5, 0.6) is 0 Å². The van der Waals surface area contributed by atoms with Crippen LogP contribution in [0.2, 0.25) is 0 Å². The number of hydrogen-bond acceptors (Lipinski definition) is 5. The summed E-state index contributed by atoms with van der Waals surface area (Å²) >= 11 is 0. The van der Waals surface area contributed by atoms with Gasteiger partial charge >= 0.3 is 6.18 Å². The van der Waals surface area contributed by atoms with Crippen molar-refractivity contribution >= 4 is 5.91 Å². The van der Waals surface area contributed by atoms with Gasteiger partial charge in [0.25, 0.3) is 0 Å². The Morgan fingerprint density at radius 1 is 1.38 bits per heavy atom. The van der Waals surface area contributed by atoms with Gasteiger partial charge in [0, 0.05) is 38.5 Å². The quantitative estimate of drug-likeness (QED) is 0.791. The van der Waals surface area contributed by atoms with E-state index in [1.54, 1.807) is 9.80 Å². The monoisotopic (exact) mass is 346 g/mol. The lowest BCUT2D eigenvalue weighted by atomic mass is 10.2. The summed E-state index contributed by atoms with van der Waals surface area (Å²) in [5, 5.41) is 3.92. The van der Waals surface area contributed by atoms with Crippen molar-refractivity contribution in [2.75, 3.05) is 19.6 Å². The minimum Gasteiger partial charge on any atom is -0.339 e. The van der Waals surface area contributed by atoms with Gasteiger partial charge in [-0.25, -0.2) is 0 Å². The first kappa shape index (κ1) is 17.2. The molecule has 1 saturated heterocycles. The normalized spacial score (nSPS) is 22.1. The number of nitrogens with zero attached hydrogens (tertiary/aromatic N) is 4. The number of aromatic nitrogens is 2. The number of rotatable bonds is 6. The molecular weight excluding hydrogens is 325 g/mol. The summed E-state index contributed by atoms with van der Waals surface area (Å²) in [6.45, 7) is 2.68. The number of halogens is 3. The van der Waals surface area contributed by atoms with Gasteiger partial charge in [0.05, 0.1) is 13.0 Å². The Bertz CT molecular complexity index is 586. The fourth-order valence-corrected chi connectivity index (χ4v) is 3.03. The summed E-state index contributed by atoms with van der Waals surface area (Å²) in [6, 6.07) is -0.112. The summed E-state index contributed by atoms with van der Waals surface area (Å²) < 4.78 is 42.2. The molecule has 1 amide bonds. The van der Waals surface area contributed by atoms with E-state index in [0.29, 0.717) is 37.1 Å². The van der Waals surface area contributed by atoms with Crippen LogP contribution < -0.4 is 0 Å². The first-order valence-electron chi connectivity index (χ1n) is 8.20. The fourth-order valence-electron chi connectivity index (χ4n) is 3.03. The molecule has 0 N–H and O–H groups in total. The van der Waals surface area contributed by atoms with Crippen LogP contribution in [-0.4, -0.2) is 57.7 Å². The zero-order valence-electron chi connectivity index (χ0n) is 13.6. The van der Waals surface area contributed by atoms with E-state index in [0.717, 1.165) is 12.8 Å². The molecule has 0 radical (unpaired) electrons. The van der Waals surface area contributed by atoms with Gasteiger partial charge in [-0.2, -0.15) is 18.2 Å². The third-order valence-electron chi connectivity index (χ3n) is 4.53. The Hall–Kier alpha value is -1.64. The summed E-state index contributed by atoms with van der Waals surface area (Å²) in [7, 11) is 0. The Balaban J connectivity index is 1.56. The molecule has 24 heavy (non-hydrogen) atoms. The second-order valence-corrected chi connectivity index (χ2v) is 6.58. The molecule has 9 heteroatoms. The van der Waals surface area contributed by atoms with E-state index in [4.69, 9.17) is 4.52 Å². The molecule has 1 aromatic heterocycles. The average Bonchev–Trinajstić information content (AvgIpc) is 3.06. The molecule has 2 heterocycles. The predicted octanol–water partition coefficient (Wildman–Crippen LogP) is 2.32. The van der Waals surface area contributed by atoms with Gasteiger partial charge < -0.3 is 14.3 Å². The highest BCUT2D eigenvalue weighted by Crippen LogP contribution is 2.38. The standard InChI is InChI=1S/C15H21F3N4O2/c1-10(23)22(9-13-19-14(24-20-13)11-2-3-11)12-4-6-21(8-12)7-5-15(16,17)18/h11-12H,2-9H2,1H3/t12-/m0/s1. The van der Waals surface area contributed by atoms with Gasteiger partial charge in [-0.3, -0.25) is 4.79 Å². The minimum absolute atomic E-state index is 0.0280. The van der Waals surface area contributed by atoms with Crippen molar-refractivity contribution in [3.05, 3.63) is 11.7 Å². The average molecular weight is 346 g/mol. The number of amides is 1. The van der Waals surface area contributed by atoms with Gasteiger partial charge in [0.1, 0.15) is 0 Å². The largest absolute Gasteiger partial charge is 0.390 e. The third-order valence-corrected chi connectivity index (χ3v) is 4.53. The lowest BCUT2D eigenvalue weighted by Gasteiger charge is -2.27. The van der Waals surface area contributed by atoms with Crippen molar-refractivity contribution in [2.24, 2.45) is 0 Å². The molecule has 0 bridgehead atoms. The number of alkyl halides is 3. The molecule has 1 saturated carbocycles. The zero-order chi connectivity index (χ0) is 17.3. The highest BCUT2D eigenvalue weighted by Gasteiger charge is 2.34. The summed E-state index contributed by atoms with van der Waals surface area (Å²) in [4.78, 5) is 19.7. The first-order valence-corrected chi connectivity index (χ1v) is 8.20. The zero-order valence-corrected chi connectivity index (χ0v) is 13.6. The Labute approximate surface area is 138 Å². The molecular formula is C15H21F3N4O2. The topological polar surface area (TPSA) is 62.5 Å². The van der Waals surface area contributed by atoms with E-state index in [1.807, 2.05) is 0 Å². The number of carbonyl (C=O) groups excluding carboxylic acids is 1. The van der Waals surface area contributed by atoms with Crippen LogP contribution in [-0.2, 0) is 11.3 Å². The lowest BCUT2D eigenvalue weighted by molar-refractivity contribution is -0.138. The summed E-state index contributed by atoms with van der Waals surface area (Å²) in [5.41, 5.74) is 0. The molecule has 2 aliphatic rings. The summed E-state index contributed by atoms with van der Waals surface area (Å²) in [5.74, 6) is 1.30. The van der Waals surface area contributed by atoms with Gasteiger partial charge in [0.2, 0.25) is 11.8 Å². The van der Waals surface area contributed by atoms with E-state index in [-0.39, 0.29) is 25.0 Å². The molecule has 1 aromatic rings. The van der Waals surface area contributed by atoms with Crippen LogP contribution in [0.4, 0.5) is 13.2 Å². The molecule has 134 valence electrons. The van der Waals surface area contributed by atoms with Crippen molar-refractivity contribution in [3.63, 3.8) is 0 Å². The smallest absolute Gasteiger partial charge is 0.339 e. The maximum absolute atomic E-state index is 12.3. The van der Waals surface area contributed by atoms with Gasteiger partial charge in [-0.1, -0.05) is 5.16 Å². The van der Waals surface area contributed by atoms with Crippen LogP contribution >= 0.6 is 0 Å². The summed E-state index contributed by atoms with van der Waals surface area (Å²) in [6.07, 6.45) is -2.22. The van der Waals surface area contributed by atoms with Crippen LogP contribution in [0.1, 0.15) is 50.2 Å². The van der Waals surface area contributed by atoms with Crippen molar-refractivity contribution in [1.29, 1.82) is 0 Å². The fraction of sp³-hybridized carbons (Fsp3) is 0.800. The SMILES string of the molecule is CC(=O)N(Cc1noc(C2CC2)n1)[C@H]1CCN(CCC(F)(F)F)C1. The lowest BCUT2D eigenvalue weighted by Crippen LogP contribution is -2.40. The molecule has 0 spiro atoms. The molecule has 3 rings (SSSR count). The second-order valence-electron chi connectivity index (χ2n) is 6.58. The predicted molar refractivity (Wildman–Crippen MR) is 78.0 cm³/mol. The Morgan fingerprint density at radius 3 is 2.75 bits per heavy atom. The van der Waals surface area contributed by atoms with Gasteiger partial charge in [-0.05, 0) is 19.3 Å². The van der Waals surface area contributed by atoms with Crippen LogP contribution in [0.3, 0.4) is 0 Å². The van der Waals surface area contributed by atoms with E-state index in [1.165, 1.54) is 6.92 Å². The van der Waals surface area contributed by atoms with E-state index in [2.05, 4.69) is 10.1 Å². The van der Waals surface area contributed by atoms with Gasteiger partial charge in [0.15, 0.2) is 5.82 Å². The third kappa shape index (κ3) is 4.46. The highest BCUT2D eigenvalue weighted by atomic mass is 19.4. The van der Waals surface area contributed by atoms with E-state index in [9.17, 15) is 18.0 Å². The molecule has 2 fully saturated rings. The molecule has 1 aliphatic heterocycles. The Morgan fingerprint density at radius 2 is 2.12 bits per heavy atom. The molecule has 0 unspecified atom stereocenters. The maximum Gasteiger partial charge on any atom is 0.390 e. The van der Waals surface area contributed by atoms with E-state index >= 15 is 0 Å². The van der Waals surface area contributed by atoms with E-state index < -0.39 is 12.6 Å². The number of carbonyl (C=O) groups is 1. The molecule has 0 aromatic carbocycles. The minimum atomic E-state index is -4.15. The Kier molecular flexibility index (Phi) is 4.80. The van der Waals surface area contributed by atoms with Gasteiger partial charge in [-0.15, -0.1) is 0 Å². The molecule has 1 aliphatic carbocycles. The van der Waals surface area contributed by atoms with Crippen molar-refractivity contribution in [3.8, 4) is 0 Å². The van der Waals surface area contributed by atoms with Crippen molar-refractivity contribution < 1.29 is 22.5 Å². The molecule has 6 nitrogen and oxygen atoms in total. The first-order chi connectivity index (χ1) is 11.3. The van der Waals surface area contributed by atoms with Crippen LogP contribution in [0.15, 0.2) is 4.52 Å². The maximum atomic E-state index is 12.3. The van der Waals surface area contributed by atoms with Crippen molar-refractivity contribution in [1.82, 2.24) is 19.9 Å². The number of likely N-dealkylation sites (tertiary alicyclic amines) is 1. The number of hydrogen-bond donors (Lipinski definition) is 0. The van der Waals surface area contributed by atoms with Crippen LogP contribution in [0.25, 0.3) is 0 Å². The van der Waals surface area contributed by atoms with Crippen molar-refractivity contribution in [2.45, 2.75) is 57.3 Å². The van der Waals surface area contributed by atoms with Crippen LogP contribution in [0, 0.1) is 0 Å².